The number of nitrogens with one attached hydrogen (secondary N) is 2. The molecule has 0 heterocycles. The van der Waals surface area contributed by atoms with E-state index in [4.69, 9.17) is 0 Å². The second-order valence-corrected chi connectivity index (χ2v) is 6.73. The average Bonchev–Trinajstić information content (AvgIpc) is 3.36. The van der Waals surface area contributed by atoms with E-state index < -0.39 is 0 Å². The van der Waals surface area contributed by atoms with Gasteiger partial charge < -0.3 is 10.6 Å². The Hall–Kier alpha value is -2.29. The monoisotopic (exact) mass is 308 g/mol. The van der Waals surface area contributed by atoms with Crippen molar-refractivity contribution in [2.24, 2.45) is 0 Å². The summed E-state index contributed by atoms with van der Waals surface area (Å²) in [6.07, 6.45) is 2.28. The summed E-state index contributed by atoms with van der Waals surface area (Å²) in [6, 6.07) is 18.4. The molecule has 0 aliphatic heterocycles. The fourth-order valence-electron chi connectivity index (χ4n) is 2.89. The number of carbonyl (C=O) groups is 1. The lowest BCUT2D eigenvalue weighted by Gasteiger charge is -2.17. The molecule has 3 nitrogen and oxygen atoms in total. The van der Waals surface area contributed by atoms with Crippen molar-refractivity contribution in [3.05, 3.63) is 65.7 Å². The molecule has 0 spiro atoms. The Balaban J connectivity index is 1.54. The van der Waals surface area contributed by atoms with E-state index in [0.29, 0.717) is 12.5 Å². The van der Waals surface area contributed by atoms with E-state index in [1.807, 2.05) is 18.2 Å². The minimum Gasteiger partial charge on any atom is -0.337 e. The third-order valence-electron chi connectivity index (χ3n) is 4.66. The quantitative estimate of drug-likeness (QED) is 0.828. The van der Waals surface area contributed by atoms with Gasteiger partial charge in [-0.05, 0) is 42.0 Å². The van der Waals surface area contributed by atoms with Crippen LogP contribution >= 0.6 is 0 Å². The van der Waals surface area contributed by atoms with Gasteiger partial charge in [0.25, 0.3) is 0 Å². The van der Waals surface area contributed by atoms with Gasteiger partial charge in [0.1, 0.15) is 0 Å². The number of carbonyl (C=O) groups excluding carboxylic acids is 1. The standard InChI is InChI=1S/C20H24N2O/c1-15(2)16-8-10-18(11-9-16)22-19(23)21-14-20(12-13-20)17-6-4-3-5-7-17/h3-11,15H,12-14H2,1-2H3,(H2,21,22,23). The normalized spacial score (nSPS) is 15.3. The first-order chi connectivity index (χ1) is 11.1. The van der Waals surface area contributed by atoms with Gasteiger partial charge in [0, 0.05) is 17.6 Å². The van der Waals surface area contributed by atoms with Gasteiger partial charge in [-0.3, -0.25) is 0 Å². The smallest absolute Gasteiger partial charge is 0.319 e. The molecule has 1 aliphatic carbocycles. The maximum atomic E-state index is 12.1. The predicted octanol–water partition coefficient (Wildman–Crippen LogP) is 4.66. The highest BCUT2D eigenvalue weighted by atomic mass is 16.2. The van der Waals surface area contributed by atoms with E-state index in [-0.39, 0.29) is 11.4 Å². The maximum absolute atomic E-state index is 12.1. The van der Waals surface area contributed by atoms with Crippen LogP contribution in [-0.4, -0.2) is 12.6 Å². The summed E-state index contributed by atoms with van der Waals surface area (Å²) < 4.78 is 0. The van der Waals surface area contributed by atoms with E-state index in [9.17, 15) is 4.79 Å². The SMILES string of the molecule is CC(C)c1ccc(NC(=O)NCC2(c3ccccc3)CC2)cc1. The molecule has 2 aromatic carbocycles. The Kier molecular flexibility index (Phi) is 4.37. The lowest BCUT2D eigenvalue weighted by atomic mass is 9.96. The first-order valence-corrected chi connectivity index (χ1v) is 8.29. The molecule has 3 heteroatoms. The molecule has 0 saturated heterocycles. The molecule has 0 aromatic heterocycles. The van der Waals surface area contributed by atoms with Gasteiger partial charge in [0.2, 0.25) is 0 Å². The molecular formula is C20H24N2O. The number of anilines is 1. The van der Waals surface area contributed by atoms with E-state index in [2.05, 4.69) is 60.9 Å². The Morgan fingerprint density at radius 2 is 1.70 bits per heavy atom. The maximum Gasteiger partial charge on any atom is 0.319 e. The summed E-state index contributed by atoms with van der Waals surface area (Å²) in [7, 11) is 0. The molecule has 0 bridgehead atoms. The van der Waals surface area contributed by atoms with Gasteiger partial charge in [0.15, 0.2) is 0 Å². The Bertz CT molecular complexity index is 658. The fourth-order valence-corrected chi connectivity index (χ4v) is 2.89. The first-order valence-electron chi connectivity index (χ1n) is 8.29. The molecule has 2 N–H and O–H groups in total. The largest absolute Gasteiger partial charge is 0.337 e. The second-order valence-electron chi connectivity index (χ2n) is 6.73. The van der Waals surface area contributed by atoms with E-state index in [1.54, 1.807) is 0 Å². The molecule has 1 fully saturated rings. The molecular weight excluding hydrogens is 284 g/mol. The van der Waals surface area contributed by atoms with Crippen molar-refractivity contribution in [2.75, 3.05) is 11.9 Å². The topological polar surface area (TPSA) is 41.1 Å². The summed E-state index contributed by atoms with van der Waals surface area (Å²) in [6.45, 7) is 5.01. The van der Waals surface area contributed by atoms with E-state index >= 15 is 0 Å². The highest BCUT2D eigenvalue weighted by Gasteiger charge is 2.44. The first kappa shape index (κ1) is 15.6. The molecule has 0 unspecified atom stereocenters. The van der Waals surface area contributed by atoms with Gasteiger partial charge in [-0.25, -0.2) is 4.79 Å². The summed E-state index contributed by atoms with van der Waals surface area (Å²) >= 11 is 0. The van der Waals surface area contributed by atoms with Gasteiger partial charge in [-0.1, -0.05) is 56.3 Å². The number of hydrogen-bond donors (Lipinski definition) is 2. The van der Waals surface area contributed by atoms with Crippen LogP contribution in [0.3, 0.4) is 0 Å². The molecule has 1 aliphatic rings. The van der Waals surface area contributed by atoms with Crippen LogP contribution in [0.1, 0.15) is 43.7 Å². The molecule has 2 aromatic rings. The Morgan fingerprint density at radius 3 is 2.26 bits per heavy atom. The number of rotatable bonds is 5. The lowest BCUT2D eigenvalue weighted by molar-refractivity contribution is 0.251. The number of amides is 2. The van der Waals surface area contributed by atoms with Gasteiger partial charge in [-0.15, -0.1) is 0 Å². The zero-order valence-electron chi connectivity index (χ0n) is 13.8. The molecule has 3 rings (SSSR count). The molecule has 2 amide bonds. The zero-order chi connectivity index (χ0) is 16.3. The number of urea groups is 1. The highest BCUT2D eigenvalue weighted by molar-refractivity contribution is 5.89. The fraction of sp³-hybridized carbons (Fsp3) is 0.350. The molecule has 1 saturated carbocycles. The van der Waals surface area contributed by atoms with Crippen molar-refractivity contribution in [2.45, 2.75) is 38.0 Å². The van der Waals surface area contributed by atoms with Crippen molar-refractivity contribution in [3.63, 3.8) is 0 Å². The van der Waals surface area contributed by atoms with Crippen LogP contribution in [0.4, 0.5) is 10.5 Å². The van der Waals surface area contributed by atoms with Crippen molar-refractivity contribution in [1.82, 2.24) is 5.32 Å². The van der Waals surface area contributed by atoms with Crippen LogP contribution in [0.5, 0.6) is 0 Å². The van der Waals surface area contributed by atoms with Crippen LogP contribution in [-0.2, 0) is 5.41 Å². The Morgan fingerprint density at radius 1 is 1.04 bits per heavy atom. The van der Waals surface area contributed by atoms with Crippen molar-refractivity contribution >= 4 is 11.7 Å². The highest BCUT2D eigenvalue weighted by Crippen LogP contribution is 2.47. The van der Waals surface area contributed by atoms with Crippen LogP contribution in [0.15, 0.2) is 54.6 Å². The van der Waals surface area contributed by atoms with Crippen molar-refractivity contribution in [1.29, 1.82) is 0 Å². The minimum atomic E-state index is -0.135. The molecule has 23 heavy (non-hydrogen) atoms. The van der Waals surface area contributed by atoms with Crippen LogP contribution in [0.25, 0.3) is 0 Å². The van der Waals surface area contributed by atoms with Crippen molar-refractivity contribution < 1.29 is 4.79 Å². The third kappa shape index (κ3) is 3.73. The minimum absolute atomic E-state index is 0.135. The average molecular weight is 308 g/mol. The molecule has 120 valence electrons. The van der Waals surface area contributed by atoms with Gasteiger partial charge >= 0.3 is 6.03 Å². The van der Waals surface area contributed by atoms with Gasteiger partial charge in [0.05, 0.1) is 0 Å². The molecule has 0 radical (unpaired) electrons. The van der Waals surface area contributed by atoms with Crippen molar-refractivity contribution in [3.8, 4) is 0 Å². The lowest BCUT2D eigenvalue weighted by Crippen LogP contribution is -2.35. The molecule has 0 atom stereocenters. The second kappa shape index (κ2) is 6.45. The number of benzene rings is 2. The summed E-state index contributed by atoms with van der Waals surface area (Å²) in [5.41, 5.74) is 3.56. The van der Waals surface area contributed by atoms with Crippen LogP contribution in [0.2, 0.25) is 0 Å². The number of hydrogen-bond acceptors (Lipinski definition) is 1. The third-order valence-corrected chi connectivity index (χ3v) is 4.66. The van der Waals surface area contributed by atoms with Crippen LogP contribution in [0, 0.1) is 0 Å². The summed E-state index contributed by atoms with van der Waals surface area (Å²) in [5.74, 6) is 0.499. The Labute approximate surface area is 138 Å². The van der Waals surface area contributed by atoms with E-state index in [0.717, 1.165) is 18.5 Å². The zero-order valence-corrected chi connectivity index (χ0v) is 13.8. The van der Waals surface area contributed by atoms with E-state index in [1.165, 1.54) is 11.1 Å². The van der Waals surface area contributed by atoms with Crippen LogP contribution < -0.4 is 10.6 Å². The van der Waals surface area contributed by atoms with Gasteiger partial charge in [-0.2, -0.15) is 0 Å². The predicted molar refractivity (Wildman–Crippen MR) is 94.9 cm³/mol. The summed E-state index contributed by atoms with van der Waals surface area (Å²) in [4.78, 5) is 12.1. The summed E-state index contributed by atoms with van der Waals surface area (Å²) in [5, 5.41) is 5.93.